The van der Waals surface area contributed by atoms with Gasteiger partial charge < -0.3 is 20.1 Å². The Labute approximate surface area is 222 Å². The van der Waals surface area contributed by atoms with E-state index in [0.29, 0.717) is 28.6 Å². The first-order valence-corrected chi connectivity index (χ1v) is 12.9. The van der Waals surface area contributed by atoms with Gasteiger partial charge in [0, 0.05) is 9.13 Å². The van der Waals surface area contributed by atoms with Gasteiger partial charge in [-0.2, -0.15) is 0 Å². The number of hydrogen-bond acceptors (Lipinski definition) is 5. The Balaban J connectivity index is 1.59. The first-order valence-electron chi connectivity index (χ1n) is 11.4. The number of carbonyl (C=O) groups excluding carboxylic acids is 2. The average molecular weight is 609 g/mol. The molecule has 10 heteroatoms. The quantitative estimate of drug-likeness (QED) is 0.216. The third-order valence-corrected chi connectivity index (χ3v) is 6.80. The lowest BCUT2D eigenvalue weighted by molar-refractivity contribution is -0.129. The molecule has 1 saturated heterocycles. The van der Waals surface area contributed by atoms with Crippen molar-refractivity contribution in [3.05, 3.63) is 68.6 Å². The van der Waals surface area contributed by atoms with Crippen LogP contribution < -0.4 is 10.1 Å². The highest BCUT2D eigenvalue weighted by Crippen LogP contribution is 2.35. The molecule has 1 aliphatic rings. The largest absolute Gasteiger partial charge is 0.491 e. The molecule has 1 aromatic heterocycles. The molecule has 0 saturated carbocycles. The van der Waals surface area contributed by atoms with Crippen molar-refractivity contribution < 1.29 is 19.4 Å². The van der Waals surface area contributed by atoms with Crippen LogP contribution in [0.5, 0.6) is 5.75 Å². The summed E-state index contributed by atoms with van der Waals surface area (Å²) in [6.45, 7) is 2.16. The molecule has 1 fully saturated rings. The molecule has 0 aliphatic carbocycles. The lowest BCUT2D eigenvalue weighted by Gasteiger charge is -2.23. The van der Waals surface area contributed by atoms with E-state index in [-0.39, 0.29) is 19.1 Å². The second-order valence-electron chi connectivity index (χ2n) is 8.20. The van der Waals surface area contributed by atoms with Gasteiger partial charge in [0.05, 0.1) is 29.6 Å². The molecule has 3 amide bonds. The van der Waals surface area contributed by atoms with Crippen LogP contribution in [-0.2, 0) is 4.79 Å². The number of halogens is 2. The predicted molar refractivity (Wildman–Crippen MR) is 141 cm³/mol. The molecular weight excluding hydrogens is 583 g/mol. The zero-order valence-corrected chi connectivity index (χ0v) is 22.0. The van der Waals surface area contributed by atoms with Gasteiger partial charge in [-0.3, -0.25) is 9.69 Å². The van der Waals surface area contributed by atoms with Gasteiger partial charge in [-0.1, -0.05) is 49.6 Å². The number of imide groups is 1. The number of amides is 3. The number of ether oxygens (including phenoxy) is 1. The van der Waals surface area contributed by atoms with Crippen LogP contribution in [0.4, 0.5) is 4.79 Å². The highest BCUT2D eigenvalue weighted by molar-refractivity contribution is 14.1. The summed E-state index contributed by atoms with van der Waals surface area (Å²) in [6, 6.07) is 10.9. The number of aromatic amines is 1. The molecule has 3 aromatic rings. The molecule has 2 heterocycles. The van der Waals surface area contributed by atoms with Crippen molar-refractivity contribution in [3.63, 3.8) is 0 Å². The van der Waals surface area contributed by atoms with Crippen molar-refractivity contribution in [1.29, 1.82) is 0 Å². The van der Waals surface area contributed by atoms with E-state index in [4.69, 9.17) is 21.4 Å². The summed E-state index contributed by atoms with van der Waals surface area (Å²) in [5, 5.41) is 12.3. The van der Waals surface area contributed by atoms with Crippen LogP contribution in [0, 0.1) is 3.57 Å². The Morgan fingerprint density at radius 3 is 2.69 bits per heavy atom. The summed E-state index contributed by atoms with van der Waals surface area (Å²) in [5.74, 6) is 0.792. The van der Waals surface area contributed by atoms with Crippen molar-refractivity contribution in [2.45, 2.75) is 38.3 Å². The molecule has 0 bridgehead atoms. The number of rotatable bonds is 10. The van der Waals surface area contributed by atoms with Crippen LogP contribution in [0.25, 0.3) is 11.3 Å². The number of aromatic nitrogens is 2. The predicted octanol–water partition coefficient (Wildman–Crippen LogP) is 5.23. The molecule has 35 heavy (non-hydrogen) atoms. The number of H-pyrrole nitrogens is 1. The van der Waals surface area contributed by atoms with E-state index in [1.165, 1.54) is 4.90 Å². The normalized spacial score (nSPS) is 16.5. The van der Waals surface area contributed by atoms with Crippen LogP contribution >= 0.6 is 34.2 Å². The summed E-state index contributed by atoms with van der Waals surface area (Å²) >= 11 is 8.63. The number of unbranched alkanes of at least 4 members (excludes halogenated alkanes) is 1. The third-order valence-electron chi connectivity index (χ3n) is 5.82. The number of aliphatic hydroxyl groups is 1. The fourth-order valence-corrected chi connectivity index (χ4v) is 5.03. The minimum Gasteiger partial charge on any atom is -0.491 e. The lowest BCUT2D eigenvalue weighted by Crippen LogP contribution is -2.35. The standard InChI is InChI=1S/C25H26ClIN4O4/c1-2-3-4-21(23-28-14-20(29-23)18-10-7-16(27)13-19(18)26)31-24(33)22(30-25(31)34)15-5-8-17(9-6-15)35-12-11-32/h5-10,13-14,21-22,32H,2-4,11-12H2,1H3,(H,28,29)(H,30,34)/t21-,22?/m0/s1. The van der Waals surface area contributed by atoms with Crippen molar-refractivity contribution in [2.75, 3.05) is 13.2 Å². The van der Waals surface area contributed by atoms with E-state index in [9.17, 15) is 9.59 Å². The fourth-order valence-electron chi connectivity index (χ4n) is 4.07. The summed E-state index contributed by atoms with van der Waals surface area (Å²) in [4.78, 5) is 35.5. The highest BCUT2D eigenvalue weighted by atomic mass is 127. The molecule has 2 atom stereocenters. The van der Waals surface area contributed by atoms with Gasteiger partial charge >= 0.3 is 6.03 Å². The molecule has 2 aromatic carbocycles. The van der Waals surface area contributed by atoms with E-state index in [2.05, 4.69) is 44.8 Å². The van der Waals surface area contributed by atoms with Crippen LogP contribution in [0.1, 0.15) is 49.7 Å². The van der Waals surface area contributed by atoms with Crippen LogP contribution in [0.15, 0.2) is 48.7 Å². The lowest BCUT2D eigenvalue weighted by atomic mass is 10.0. The minimum absolute atomic E-state index is 0.0860. The summed E-state index contributed by atoms with van der Waals surface area (Å²) < 4.78 is 6.40. The monoisotopic (exact) mass is 608 g/mol. The second-order valence-corrected chi connectivity index (χ2v) is 9.85. The molecule has 184 valence electrons. The summed E-state index contributed by atoms with van der Waals surface area (Å²) in [6.07, 6.45) is 4.01. The fraction of sp³-hybridized carbons (Fsp3) is 0.320. The first kappa shape index (κ1) is 25.5. The van der Waals surface area contributed by atoms with Gasteiger partial charge in [0.1, 0.15) is 24.2 Å². The highest BCUT2D eigenvalue weighted by Gasteiger charge is 2.44. The Bertz CT molecular complexity index is 1200. The van der Waals surface area contributed by atoms with Gasteiger partial charge in [0.2, 0.25) is 0 Å². The van der Waals surface area contributed by atoms with E-state index in [1.807, 2.05) is 18.2 Å². The van der Waals surface area contributed by atoms with E-state index in [1.54, 1.807) is 30.5 Å². The van der Waals surface area contributed by atoms with Gasteiger partial charge in [-0.15, -0.1) is 0 Å². The SMILES string of the molecule is CCCC[C@@H](c1ncc(-c2ccc(I)cc2Cl)[nH]1)N1C(=O)NC(c2ccc(OCCO)cc2)C1=O. The molecular formula is C25H26ClIN4O4. The van der Waals surface area contributed by atoms with Crippen molar-refractivity contribution >= 4 is 46.1 Å². The minimum atomic E-state index is -0.793. The van der Waals surface area contributed by atoms with Gasteiger partial charge in [0.15, 0.2) is 0 Å². The number of nitrogens with zero attached hydrogens (tertiary/aromatic N) is 2. The first-order chi connectivity index (χ1) is 16.9. The second kappa shape index (κ2) is 11.4. The molecule has 0 radical (unpaired) electrons. The van der Waals surface area contributed by atoms with Crippen LogP contribution in [0.3, 0.4) is 0 Å². The van der Waals surface area contributed by atoms with Gasteiger partial charge in [0.25, 0.3) is 5.91 Å². The Hall–Kier alpha value is -2.63. The molecule has 3 N–H and O–H groups in total. The Morgan fingerprint density at radius 1 is 1.23 bits per heavy atom. The van der Waals surface area contributed by atoms with Gasteiger partial charge in [-0.05, 0) is 58.8 Å². The zero-order valence-electron chi connectivity index (χ0n) is 19.1. The topological polar surface area (TPSA) is 108 Å². The molecule has 0 spiro atoms. The molecule has 1 aliphatic heterocycles. The number of imidazole rings is 1. The maximum atomic E-state index is 13.4. The number of carbonyl (C=O) groups is 2. The molecule has 4 rings (SSSR count). The van der Waals surface area contributed by atoms with Crippen molar-refractivity contribution in [3.8, 4) is 17.0 Å². The summed E-state index contributed by atoms with van der Waals surface area (Å²) in [7, 11) is 0. The number of aliphatic hydroxyl groups excluding tert-OH is 1. The van der Waals surface area contributed by atoms with E-state index < -0.39 is 18.1 Å². The maximum absolute atomic E-state index is 13.4. The van der Waals surface area contributed by atoms with Crippen molar-refractivity contribution in [2.24, 2.45) is 0 Å². The molecule has 8 nitrogen and oxygen atoms in total. The number of urea groups is 1. The summed E-state index contributed by atoms with van der Waals surface area (Å²) in [5.41, 5.74) is 2.19. The van der Waals surface area contributed by atoms with Crippen LogP contribution in [-0.4, -0.2) is 45.1 Å². The Morgan fingerprint density at radius 2 is 2.00 bits per heavy atom. The van der Waals surface area contributed by atoms with E-state index in [0.717, 1.165) is 27.7 Å². The maximum Gasteiger partial charge on any atom is 0.325 e. The number of benzene rings is 2. The van der Waals surface area contributed by atoms with Crippen molar-refractivity contribution in [1.82, 2.24) is 20.2 Å². The number of hydrogen-bond donors (Lipinski definition) is 3. The van der Waals surface area contributed by atoms with Gasteiger partial charge in [-0.25, -0.2) is 9.78 Å². The average Bonchev–Trinajstić information content (AvgIpc) is 3.44. The van der Waals surface area contributed by atoms with E-state index >= 15 is 0 Å². The molecule has 1 unspecified atom stereocenters. The smallest absolute Gasteiger partial charge is 0.325 e. The van der Waals surface area contributed by atoms with Crippen LogP contribution in [0.2, 0.25) is 5.02 Å². The zero-order chi connectivity index (χ0) is 24.9. The number of nitrogens with one attached hydrogen (secondary N) is 2. The third kappa shape index (κ3) is 5.62. The Kier molecular flexibility index (Phi) is 8.30.